The first-order valence-electron chi connectivity index (χ1n) is 8.83. The van der Waals surface area contributed by atoms with Gasteiger partial charge in [-0.2, -0.15) is 10.4 Å². The number of hydrogen-bond donors (Lipinski definition) is 2. The van der Waals surface area contributed by atoms with Crippen LogP contribution >= 0.6 is 0 Å². The summed E-state index contributed by atoms with van der Waals surface area (Å²) in [7, 11) is 0. The molecule has 3 N–H and O–H groups in total. The molecule has 0 bridgehead atoms. The molecule has 0 saturated carbocycles. The highest BCUT2D eigenvalue weighted by molar-refractivity contribution is 5.84. The molecule has 0 saturated heterocycles. The van der Waals surface area contributed by atoms with E-state index in [2.05, 4.69) is 22.4 Å². The van der Waals surface area contributed by atoms with Crippen LogP contribution in [-0.2, 0) is 25.9 Å². The zero-order valence-corrected chi connectivity index (χ0v) is 14.2. The molecule has 0 amide bonds. The minimum atomic E-state index is 0.247. The quantitative estimate of drug-likeness (QED) is 0.700. The molecule has 1 aliphatic carbocycles. The van der Waals surface area contributed by atoms with Gasteiger partial charge in [0, 0.05) is 30.6 Å². The Bertz CT molecular complexity index is 1030. The van der Waals surface area contributed by atoms with Crippen molar-refractivity contribution >= 4 is 5.82 Å². The Labute approximate surface area is 150 Å². The second-order valence-corrected chi connectivity index (χ2v) is 6.72. The third kappa shape index (κ3) is 2.16. The van der Waals surface area contributed by atoms with Gasteiger partial charge in [-0.1, -0.05) is 0 Å². The fraction of sp³-hybridized carbons (Fsp3) is 0.316. The van der Waals surface area contributed by atoms with Gasteiger partial charge in [0.1, 0.15) is 23.2 Å². The number of nitriles is 1. The Hall–Kier alpha value is -3.11. The molecular formula is C19H18N6O. The summed E-state index contributed by atoms with van der Waals surface area (Å²) in [6.45, 7) is 2.64. The highest BCUT2D eigenvalue weighted by Gasteiger charge is 2.28. The molecule has 2 aliphatic rings. The van der Waals surface area contributed by atoms with Crippen molar-refractivity contribution in [2.24, 2.45) is 0 Å². The zero-order valence-electron chi connectivity index (χ0n) is 14.2. The summed E-state index contributed by atoms with van der Waals surface area (Å²) in [4.78, 5) is 4.53. The molecule has 0 radical (unpaired) electrons. The van der Waals surface area contributed by atoms with Crippen LogP contribution in [0.3, 0.4) is 0 Å². The van der Waals surface area contributed by atoms with Gasteiger partial charge in [-0.05, 0) is 37.1 Å². The maximum Gasteiger partial charge on any atom is 0.142 e. The molecule has 1 aliphatic heterocycles. The van der Waals surface area contributed by atoms with Crippen molar-refractivity contribution in [1.29, 1.82) is 5.26 Å². The molecule has 3 aromatic heterocycles. The largest absolute Gasteiger partial charge is 0.469 e. The SMILES string of the molecule is N#Cc1c(N)nc2c(c1-c1cc3n(n1)CCCNC3)CCc1occc1-2. The second kappa shape index (κ2) is 5.71. The Kier molecular flexibility index (Phi) is 3.33. The summed E-state index contributed by atoms with van der Waals surface area (Å²) in [6, 6.07) is 6.23. The van der Waals surface area contributed by atoms with Gasteiger partial charge >= 0.3 is 0 Å². The lowest BCUT2D eigenvalue weighted by Gasteiger charge is -2.19. The number of nitrogens with two attached hydrogens (primary N) is 1. The maximum atomic E-state index is 9.73. The van der Waals surface area contributed by atoms with Crippen molar-refractivity contribution in [1.82, 2.24) is 20.1 Å². The minimum Gasteiger partial charge on any atom is -0.469 e. The van der Waals surface area contributed by atoms with Gasteiger partial charge in [-0.3, -0.25) is 4.68 Å². The summed E-state index contributed by atoms with van der Waals surface area (Å²) in [6.07, 6.45) is 4.26. The van der Waals surface area contributed by atoms with Gasteiger partial charge in [0.25, 0.3) is 0 Å². The topological polar surface area (TPSA) is 106 Å². The van der Waals surface area contributed by atoms with Crippen LogP contribution in [0.1, 0.15) is 29.0 Å². The number of anilines is 1. The lowest BCUT2D eigenvalue weighted by atomic mass is 9.87. The third-order valence-electron chi connectivity index (χ3n) is 5.19. The molecule has 3 aromatic rings. The van der Waals surface area contributed by atoms with Crippen LogP contribution in [0.15, 0.2) is 22.8 Å². The Morgan fingerprint density at radius 2 is 2.27 bits per heavy atom. The van der Waals surface area contributed by atoms with E-state index in [9.17, 15) is 5.26 Å². The Balaban J connectivity index is 1.76. The van der Waals surface area contributed by atoms with Crippen molar-refractivity contribution in [3.63, 3.8) is 0 Å². The summed E-state index contributed by atoms with van der Waals surface area (Å²) in [5, 5.41) is 17.9. The van der Waals surface area contributed by atoms with E-state index in [1.54, 1.807) is 6.26 Å². The fourth-order valence-electron chi connectivity index (χ4n) is 3.97. The number of fused-ring (bicyclic) bond motifs is 4. The molecule has 7 nitrogen and oxygen atoms in total. The van der Waals surface area contributed by atoms with E-state index in [1.807, 2.05) is 10.7 Å². The number of rotatable bonds is 1. The monoisotopic (exact) mass is 346 g/mol. The number of nitrogens with one attached hydrogen (secondary N) is 1. The molecule has 7 heteroatoms. The second-order valence-electron chi connectivity index (χ2n) is 6.72. The number of furan rings is 1. The average molecular weight is 346 g/mol. The zero-order chi connectivity index (χ0) is 17.7. The van der Waals surface area contributed by atoms with E-state index in [4.69, 9.17) is 15.2 Å². The molecule has 4 heterocycles. The smallest absolute Gasteiger partial charge is 0.142 e. The van der Waals surface area contributed by atoms with E-state index >= 15 is 0 Å². The van der Waals surface area contributed by atoms with Crippen molar-refractivity contribution in [3.8, 4) is 28.6 Å². The molecule has 0 atom stereocenters. The van der Waals surface area contributed by atoms with Gasteiger partial charge in [-0.15, -0.1) is 0 Å². The average Bonchev–Trinajstić information content (AvgIpc) is 3.22. The van der Waals surface area contributed by atoms with Crippen LogP contribution in [-0.4, -0.2) is 21.3 Å². The lowest BCUT2D eigenvalue weighted by molar-refractivity contribution is 0.507. The van der Waals surface area contributed by atoms with Gasteiger partial charge in [0.05, 0.1) is 23.3 Å². The van der Waals surface area contributed by atoms with Gasteiger partial charge in [0.2, 0.25) is 0 Å². The summed E-state index contributed by atoms with van der Waals surface area (Å²) in [5.41, 5.74) is 12.1. The minimum absolute atomic E-state index is 0.247. The van der Waals surface area contributed by atoms with Crippen LogP contribution in [0.4, 0.5) is 5.82 Å². The predicted molar refractivity (Wildman–Crippen MR) is 96.0 cm³/mol. The molecule has 5 rings (SSSR count). The van der Waals surface area contributed by atoms with Crippen molar-refractivity contribution in [2.45, 2.75) is 32.4 Å². The predicted octanol–water partition coefficient (Wildman–Crippen LogP) is 2.25. The maximum absolute atomic E-state index is 9.73. The number of nitrogens with zero attached hydrogens (tertiary/aromatic N) is 4. The number of pyridine rings is 1. The summed E-state index contributed by atoms with van der Waals surface area (Å²) in [5.74, 6) is 1.17. The van der Waals surface area contributed by atoms with Gasteiger partial charge in [0.15, 0.2) is 0 Å². The Morgan fingerprint density at radius 1 is 1.35 bits per heavy atom. The van der Waals surface area contributed by atoms with Gasteiger partial charge < -0.3 is 15.5 Å². The number of hydrogen-bond acceptors (Lipinski definition) is 6. The first-order valence-corrected chi connectivity index (χ1v) is 8.83. The summed E-state index contributed by atoms with van der Waals surface area (Å²) < 4.78 is 7.59. The highest BCUT2D eigenvalue weighted by Crippen LogP contribution is 2.41. The lowest BCUT2D eigenvalue weighted by Crippen LogP contribution is -2.12. The first kappa shape index (κ1) is 15.2. The molecule has 130 valence electrons. The first-order chi connectivity index (χ1) is 12.8. The molecule has 0 fully saturated rings. The van der Waals surface area contributed by atoms with E-state index in [0.29, 0.717) is 5.56 Å². The molecule has 0 aromatic carbocycles. The Morgan fingerprint density at radius 3 is 3.15 bits per heavy atom. The summed E-state index contributed by atoms with van der Waals surface area (Å²) >= 11 is 0. The molecule has 0 spiro atoms. The van der Waals surface area contributed by atoms with E-state index in [-0.39, 0.29) is 5.82 Å². The van der Waals surface area contributed by atoms with Crippen molar-refractivity contribution in [3.05, 3.63) is 41.0 Å². The van der Waals surface area contributed by atoms with Gasteiger partial charge in [-0.25, -0.2) is 4.98 Å². The number of nitrogen functional groups attached to an aromatic ring is 1. The van der Waals surface area contributed by atoms with E-state index in [0.717, 1.165) is 78.4 Å². The standard InChI is InChI=1S/C19H18N6O/c20-9-14-17(15-8-11-10-22-5-1-6-25(11)24-15)13-2-3-16-12(4-7-26-16)18(13)23-19(14)21/h4,7-8,22H,1-3,5-6,10H2,(H2,21,23). The fourth-order valence-corrected chi connectivity index (χ4v) is 3.97. The van der Waals surface area contributed by atoms with E-state index in [1.165, 1.54) is 0 Å². The van der Waals surface area contributed by atoms with Crippen LogP contribution in [0.25, 0.3) is 22.5 Å². The molecular weight excluding hydrogens is 328 g/mol. The molecule has 0 unspecified atom stereocenters. The number of aromatic nitrogens is 3. The third-order valence-corrected chi connectivity index (χ3v) is 5.19. The van der Waals surface area contributed by atoms with Crippen LogP contribution in [0.2, 0.25) is 0 Å². The molecule has 26 heavy (non-hydrogen) atoms. The van der Waals surface area contributed by atoms with Crippen LogP contribution in [0.5, 0.6) is 0 Å². The van der Waals surface area contributed by atoms with Crippen molar-refractivity contribution in [2.75, 3.05) is 12.3 Å². The normalized spacial score (nSPS) is 15.5. The van der Waals surface area contributed by atoms with E-state index < -0.39 is 0 Å². The van der Waals surface area contributed by atoms with Crippen molar-refractivity contribution < 1.29 is 4.42 Å². The highest BCUT2D eigenvalue weighted by atomic mass is 16.3. The number of aryl methyl sites for hydroxylation is 2. The van der Waals surface area contributed by atoms with Crippen LogP contribution in [0, 0.1) is 11.3 Å². The van der Waals surface area contributed by atoms with Crippen LogP contribution < -0.4 is 11.1 Å².